The molecular formula is C29H27Cl2N3O2. The zero-order valence-electron chi connectivity index (χ0n) is 20.0. The van der Waals surface area contributed by atoms with E-state index in [0.29, 0.717) is 10.8 Å². The molecule has 1 aliphatic heterocycles. The number of hydrogen-bond donors (Lipinski definition) is 1. The Bertz CT molecular complexity index is 1360. The molecule has 5 rings (SSSR count). The van der Waals surface area contributed by atoms with E-state index < -0.39 is 0 Å². The fraction of sp³-hybridized carbons (Fsp3) is 0.207. The van der Waals surface area contributed by atoms with Gasteiger partial charge in [-0.25, -0.2) is 0 Å². The summed E-state index contributed by atoms with van der Waals surface area (Å²) in [7, 11) is 0. The summed E-state index contributed by atoms with van der Waals surface area (Å²) in [4.78, 5) is 17.5. The molecule has 36 heavy (non-hydrogen) atoms. The van der Waals surface area contributed by atoms with Gasteiger partial charge in [-0.3, -0.25) is 9.69 Å². The summed E-state index contributed by atoms with van der Waals surface area (Å²) in [5, 5.41) is 4.40. The Morgan fingerprint density at radius 2 is 1.64 bits per heavy atom. The van der Waals surface area contributed by atoms with Crippen molar-refractivity contribution < 1.29 is 9.21 Å². The van der Waals surface area contributed by atoms with Crippen molar-refractivity contribution in [3.63, 3.8) is 0 Å². The molecule has 0 spiro atoms. The Morgan fingerprint density at radius 3 is 2.36 bits per heavy atom. The molecule has 5 nitrogen and oxygen atoms in total. The quantitative estimate of drug-likeness (QED) is 0.294. The minimum Gasteiger partial charge on any atom is -0.451 e. The summed E-state index contributed by atoms with van der Waals surface area (Å²) in [6.07, 6.45) is 0. The molecule has 0 unspecified atom stereocenters. The topological polar surface area (TPSA) is 48.7 Å². The molecule has 0 atom stereocenters. The van der Waals surface area contributed by atoms with Crippen LogP contribution in [0, 0.1) is 6.92 Å². The first-order chi connectivity index (χ1) is 17.5. The Labute approximate surface area is 221 Å². The normalized spacial score (nSPS) is 14.1. The fourth-order valence-electron chi connectivity index (χ4n) is 4.34. The monoisotopic (exact) mass is 519 g/mol. The van der Waals surface area contributed by atoms with Gasteiger partial charge in [0.05, 0.1) is 0 Å². The SMILES string of the molecule is Cc1ccc(-c2ccc(C(=O)Nc3ccc(N4CCN(Cc5ccccc5Cl)CC4)cc3)o2)cc1Cl. The van der Waals surface area contributed by atoms with Crippen molar-refractivity contribution in [2.45, 2.75) is 13.5 Å². The highest BCUT2D eigenvalue weighted by atomic mass is 35.5. The van der Waals surface area contributed by atoms with E-state index >= 15 is 0 Å². The van der Waals surface area contributed by atoms with Crippen LogP contribution in [-0.2, 0) is 6.54 Å². The van der Waals surface area contributed by atoms with Gasteiger partial charge >= 0.3 is 0 Å². The molecular weight excluding hydrogens is 493 g/mol. The fourth-order valence-corrected chi connectivity index (χ4v) is 4.72. The van der Waals surface area contributed by atoms with Crippen LogP contribution in [0.3, 0.4) is 0 Å². The van der Waals surface area contributed by atoms with Crippen LogP contribution in [-0.4, -0.2) is 37.0 Å². The largest absolute Gasteiger partial charge is 0.451 e. The number of nitrogens with zero attached hydrogens (tertiary/aromatic N) is 2. The maximum absolute atomic E-state index is 12.7. The third-order valence-corrected chi connectivity index (χ3v) is 7.28. The molecule has 3 aromatic carbocycles. The molecule has 4 aromatic rings. The lowest BCUT2D eigenvalue weighted by atomic mass is 10.1. The van der Waals surface area contributed by atoms with Crippen LogP contribution in [0.5, 0.6) is 0 Å². The van der Waals surface area contributed by atoms with Gasteiger partial charge in [0.15, 0.2) is 5.76 Å². The number of hydrogen-bond acceptors (Lipinski definition) is 4. The molecule has 1 fully saturated rings. The summed E-state index contributed by atoms with van der Waals surface area (Å²) in [6, 6.07) is 25.1. The third-order valence-electron chi connectivity index (χ3n) is 6.50. The Hall–Kier alpha value is -3.25. The maximum Gasteiger partial charge on any atom is 0.291 e. The van der Waals surface area contributed by atoms with E-state index in [9.17, 15) is 4.79 Å². The van der Waals surface area contributed by atoms with E-state index in [4.69, 9.17) is 27.6 Å². The van der Waals surface area contributed by atoms with Crippen LogP contribution in [0.2, 0.25) is 10.0 Å². The van der Waals surface area contributed by atoms with Crippen LogP contribution >= 0.6 is 23.2 Å². The van der Waals surface area contributed by atoms with E-state index in [0.717, 1.165) is 60.2 Å². The first-order valence-corrected chi connectivity index (χ1v) is 12.7. The molecule has 1 saturated heterocycles. The smallest absolute Gasteiger partial charge is 0.291 e. The van der Waals surface area contributed by atoms with Gasteiger partial charge in [-0.05, 0) is 66.6 Å². The van der Waals surface area contributed by atoms with E-state index in [-0.39, 0.29) is 11.7 Å². The number of carbonyl (C=O) groups excluding carboxylic acids is 1. The molecule has 184 valence electrons. The van der Waals surface area contributed by atoms with Crippen molar-refractivity contribution in [2.75, 3.05) is 36.4 Å². The first kappa shape index (κ1) is 24.4. The van der Waals surface area contributed by atoms with Gasteiger partial charge in [0, 0.05) is 59.7 Å². The molecule has 1 N–H and O–H groups in total. The number of piperazine rings is 1. The van der Waals surface area contributed by atoms with Crippen molar-refractivity contribution >= 4 is 40.5 Å². The van der Waals surface area contributed by atoms with Crippen LogP contribution in [0.15, 0.2) is 83.3 Å². The van der Waals surface area contributed by atoms with Crippen LogP contribution in [0.1, 0.15) is 21.7 Å². The van der Waals surface area contributed by atoms with Gasteiger partial charge in [-0.2, -0.15) is 0 Å². The van der Waals surface area contributed by atoms with Crippen molar-refractivity contribution in [1.29, 1.82) is 0 Å². The van der Waals surface area contributed by atoms with Crippen LogP contribution in [0.4, 0.5) is 11.4 Å². The van der Waals surface area contributed by atoms with E-state index in [1.54, 1.807) is 12.1 Å². The van der Waals surface area contributed by atoms with Crippen LogP contribution < -0.4 is 10.2 Å². The second kappa shape index (κ2) is 10.8. The van der Waals surface area contributed by atoms with Gasteiger partial charge < -0.3 is 14.6 Å². The van der Waals surface area contributed by atoms with E-state index in [1.807, 2.05) is 67.6 Å². The number of anilines is 2. The summed E-state index contributed by atoms with van der Waals surface area (Å²) >= 11 is 12.5. The number of aryl methyl sites for hydroxylation is 1. The maximum atomic E-state index is 12.7. The third kappa shape index (κ3) is 5.59. The summed E-state index contributed by atoms with van der Waals surface area (Å²) in [5.74, 6) is 0.562. The van der Waals surface area contributed by atoms with Crippen molar-refractivity contribution in [3.05, 3.63) is 106 Å². The number of nitrogens with one attached hydrogen (secondary N) is 1. The van der Waals surface area contributed by atoms with Gasteiger partial charge in [0.1, 0.15) is 5.76 Å². The average molecular weight is 520 g/mol. The number of halogens is 2. The Morgan fingerprint density at radius 1 is 0.889 bits per heavy atom. The molecule has 1 aliphatic rings. The summed E-state index contributed by atoms with van der Waals surface area (Å²) in [5.41, 5.74) is 4.85. The second-order valence-electron chi connectivity index (χ2n) is 8.98. The zero-order chi connectivity index (χ0) is 25.1. The lowest BCUT2D eigenvalue weighted by Gasteiger charge is -2.36. The molecule has 0 aliphatic carbocycles. The van der Waals surface area contributed by atoms with Crippen molar-refractivity contribution in [3.8, 4) is 11.3 Å². The zero-order valence-corrected chi connectivity index (χ0v) is 21.5. The van der Waals surface area contributed by atoms with Crippen molar-refractivity contribution in [1.82, 2.24) is 4.90 Å². The lowest BCUT2D eigenvalue weighted by molar-refractivity contribution is 0.0997. The minimum atomic E-state index is -0.291. The van der Waals surface area contributed by atoms with Crippen molar-refractivity contribution in [2.24, 2.45) is 0 Å². The summed E-state index contributed by atoms with van der Waals surface area (Å²) < 4.78 is 5.79. The Kier molecular flexibility index (Phi) is 7.33. The molecule has 1 amide bonds. The highest BCUT2D eigenvalue weighted by Crippen LogP contribution is 2.28. The number of rotatable bonds is 6. The Balaban J connectivity index is 1.16. The van der Waals surface area contributed by atoms with Gasteiger partial charge in [-0.1, -0.05) is 53.5 Å². The standard InChI is InChI=1S/C29H27Cl2N3O2/c1-20-6-7-21(18-26(20)31)27-12-13-28(36-27)29(35)32-23-8-10-24(11-9-23)34-16-14-33(15-17-34)19-22-4-2-3-5-25(22)30/h2-13,18H,14-17,19H2,1H3,(H,32,35). The van der Waals surface area contributed by atoms with E-state index in [2.05, 4.69) is 21.2 Å². The van der Waals surface area contributed by atoms with Gasteiger partial charge in [0.25, 0.3) is 5.91 Å². The van der Waals surface area contributed by atoms with E-state index in [1.165, 1.54) is 5.56 Å². The molecule has 0 saturated carbocycles. The molecule has 2 heterocycles. The first-order valence-electron chi connectivity index (χ1n) is 11.9. The highest BCUT2D eigenvalue weighted by molar-refractivity contribution is 6.31. The molecule has 7 heteroatoms. The minimum absolute atomic E-state index is 0.250. The molecule has 1 aromatic heterocycles. The number of benzene rings is 3. The number of carbonyl (C=O) groups is 1. The predicted octanol–water partition coefficient (Wildman–Crippen LogP) is 7.14. The van der Waals surface area contributed by atoms with Crippen LogP contribution in [0.25, 0.3) is 11.3 Å². The lowest BCUT2D eigenvalue weighted by Crippen LogP contribution is -2.46. The van der Waals surface area contributed by atoms with Gasteiger partial charge in [0.2, 0.25) is 0 Å². The number of furan rings is 1. The molecule has 0 bridgehead atoms. The summed E-state index contributed by atoms with van der Waals surface area (Å²) in [6.45, 7) is 6.63. The van der Waals surface area contributed by atoms with Gasteiger partial charge in [-0.15, -0.1) is 0 Å². The highest BCUT2D eigenvalue weighted by Gasteiger charge is 2.19. The molecule has 0 radical (unpaired) electrons. The average Bonchev–Trinajstić information content (AvgIpc) is 3.39. The predicted molar refractivity (Wildman–Crippen MR) is 147 cm³/mol. The number of amides is 1. The second-order valence-corrected chi connectivity index (χ2v) is 9.80.